The Balaban J connectivity index is 2.57. The molecule has 7 heteroatoms. The van der Waals surface area contributed by atoms with Crippen molar-refractivity contribution in [1.29, 1.82) is 0 Å². The summed E-state index contributed by atoms with van der Waals surface area (Å²) in [6, 6.07) is 0. The molecule has 1 aliphatic carbocycles. The van der Waals surface area contributed by atoms with Gasteiger partial charge in [0.15, 0.2) is 0 Å². The van der Waals surface area contributed by atoms with Crippen molar-refractivity contribution in [2.24, 2.45) is 5.92 Å². The summed E-state index contributed by atoms with van der Waals surface area (Å²) < 4.78 is 4.91. The van der Waals surface area contributed by atoms with Crippen molar-refractivity contribution in [3.05, 3.63) is 10.1 Å². The molecule has 0 heterocycles. The first kappa shape index (κ1) is 10.7. The molecule has 0 spiro atoms. The summed E-state index contributed by atoms with van der Waals surface area (Å²) in [5.74, 6) is -1.59. The lowest BCUT2D eigenvalue weighted by Gasteiger charge is -2.14. The van der Waals surface area contributed by atoms with Crippen LogP contribution in [0.25, 0.3) is 0 Å². The smallest absolute Gasteiger partial charge is 0.306 e. The minimum absolute atomic E-state index is 0.120. The van der Waals surface area contributed by atoms with E-state index in [1.54, 1.807) is 0 Å². The van der Waals surface area contributed by atoms with E-state index in [1.165, 1.54) is 7.11 Å². The molecule has 0 aromatic heterocycles. The third kappa shape index (κ3) is 2.32. The average Bonchev–Trinajstić information content (AvgIpc) is 2.46. The van der Waals surface area contributed by atoms with Gasteiger partial charge in [-0.1, -0.05) is 0 Å². The molecule has 1 rings (SSSR count). The van der Waals surface area contributed by atoms with Gasteiger partial charge in [0.05, 0.1) is 12.0 Å². The van der Waals surface area contributed by atoms with Crippen LogP contribution in [0.5, 0.6) is 0 Å². The molecule has 0 bridgehead atoms. The third-order valence-electron chi connectivity index (χ3n) is 2.32. The second kappa shape index (κ2) is 4.23. The average molecular weight is 205 g/mol. The van der Waals surface area contributed by atoms with E-state index in [4.69, 9.17) is 9.84 Å². The molecule has 3 atom stereocenters. The van der Waals surface area contributed by atoms with Crippen LogP contribution in [0.3, 0.4) is 0 Å². The molecule has 80 valence electrons. The predicted molar refractivity (Wildman–Crippen MR) is 43.0 cm³/mol. The Hall–Kier alpha value is -1.37. The number of carbonyl (C=O) groups is 1. The lowest BCUT2D eigenvalue weighted by molar-refractivity contribution is -0.770. The Morgan fingerprint density at radius 1 is 1.50 bits per heavy atom. The van der Waals surface area contributed by atoms with Crippen molar-refractivity contribution in [2.75, 3.05) is 7.11 Å². The van der Waals surface area contributed by atoms with Crippen molar-refractivity contribution in [2.45, 2.75) is 25.0 Å². The van der Waals surface area contributed by atoms with Gasteiger partial charge in [-0.15, -0.1) is 10.1 Å². The highest BCUT2D eigenvalue weighted by atomic mass is 17.0. The maximum atomic E-state index is 10.6. The molecule has 7 nitrogen and oxygen atoms in total. The molecule has 0 aliphatic heterocycles. The van der Waals surface area contributed by atoms with Crippen LogP contribution in [0.2, 0.25) is 0 Å². The van der Waals surface area contributed by atoms with Crippen LogP contribution in [-0.4, -0.2) is 35.5 Å². The molecule has 1 N–H and O–H groups in total. The van der Waals surface area contributed by atoms with Gasteiger partial charge in [0.25, 0.3) is 5.09 Å². The van der Waals surface area contributed by atoms with Crippen molar-refractivity contribution in [3.8, 4) is 0 Å². The number of aliphatic carboxylic acids is 1. The minimum Gasteiger partial charge on any atom is -0.481 e. The molecule has 1 fully saturated rings. The van der Waals surface area contributed by atoms with Gasteiger partial charge in [0, 0.05) is 7.11 Å². The van der Waals surface area contributed by atoms with Gasteiger partial charge in [0.1, 0.15) is 6.10 Å². The zero-order valence-electron chi connectivity index (χ0n) is 7.58. The Morgan fingerprint density at radius 2 is 2.07 bits per heavy atom. The molecular formula is C7H11NO6. The maximum absolute atomic E-state index is 10.6. The Bertz CT molecular complexity index is 242. The van der Waals surface area contributed by atoms with Gasteiger partial charge in [-0.25, -0.2) is 0 Å². The number of hydrogen-bond donors (Lipinski definition) is 1. The molecule has 0 radical (unpaired) electrons. The summed E-state index contributed by atoms with van der Waals surface area (Å²) >= 11 is 0. The maximum Gasteiger partial charge on any atom is 0.306 e. The lowest BCUT2D eigenvalue weighted by Crippen LogP contribution is -2.27. The van der Waals surface area contributed by atoms with Crippen molar-refractivity contribution in [1.82, 2.24) is 0 Å². The number of carboxylic acids is 1. The van der Waals surface area contributed by atoms with E-state index in [9.17, 15) is 14.9 Å². The Morgan fingerprint density at radius 3 is 2.50 bits per heavy atom. The molecule has 0 aromatic carbocycles. The lowest BCUT2D eigenvalue weighted by atomic mass is 10.1. The van der Waals surface area contributed by atoms with Gasteiger partial charge in [-0.05, 0) is 12.8 Å². The van der Waals surface area contributed by atoms with E-state index < -0.39 is 29.2 Å². The van der Waals surface area contributed by atoms with Crippen LogP contribution in [0, 0.1) is 16.0 Å². The fourth-order valence-corrected chi connectivity index (χ4v) is 1.63. The third-order valence-corrected chi connectivity index (χ3v) is 2.32. The van der Waals surface area contributed by atoms with E-state index >= 15 is 0 Å². The molecule has 1 saturated carbocycles. The quantitative estimate of drug-likeness (QED) is 0.515. The number of rotatable bonds is 4. The summed E-state index contributed by atoms with van der Waals surface area (Å²) in [4.78, 5) is 25.0. The van der Waals surface area contributed by atoms with Crippen LogP contribution >= 0.6 is 0 Å². The van der Waals surface area contributed by atoms with E-state index in [-0.39, 0.29) is 12.8 Å². The Kier molecular flexibility index (Phi) is 3.23. The van der Waals surface area contributed by atoms with Crippen molar-refractivity contribution in [3.63, 3.8) is 0 Å². The van der Waals surface area contributed by atoms with Crippen molar-refractivity contribution >= 4 is 5.97 Å². The fraction of sp³-hybridized carbons (Fsp3) is 0.857. The molecule has 3 unspecified atom stereocenters. The van der Waals surface area contributed by atoms with E-state index in [1.807, 2.05) is 0 Å². The van der Waals surface area contributed by atoms with E-state index in [0.717, 1.165) is 0 Å². The first-order valence-corrected chi connectivity index (χ1v) is 4.11. The number of nitrogens with zero attached hydrogens (tertiary/aromatic N) is 1. The number of methoxy groups -OCH3 is 1. The number of carboxylic acid groups (broad SMARTS) is 1. The summed E-state index contributed by atoms with van der Waals surface area (Å²) in [5.41, 5.74) is 0. The van der Waals surface area contributed by atoms with Crippen LogP contribution in [0.1, 0.15) is 12.8 Å². The number of ether oxygens (including phenoxy) is 1. The molecule has 14 heavy (non-hydrogen) atoms. The van der Waals surface area contributed by atoms with Gasteiger partial charge >= 0.3 is 5.97 Å². The topological polar surface area (TPSA) is 98.9 Å². The van der Waals surface area contributed by atoms with Crippen molar-refractivity contribution < 1.29 is 24.6 Å². The molecule has 1 aliphatic rings. The molecule has 0 amide bonds. The summed E-state index contributed by atoms with van der Waals surface area (Å²) in [6.45, 7) is 0. The second-order valence-corrected chi connectivity index (χ2v) is 3.15. The largest absolute Gasteiger partial charge is 0.481 e. The molecule has 0 aromatic rings. The van der Waals surface area contributed by atoms with Crippen LogP contribution < -0.4 is 0 Å². The van der Waals surface area contributed by atoms with Gasteiger partial charge < -0.3 is 14.7 Å². The highest BCUT2D eigenvalue weighted by molar-refractivity contribution is 5.70. The predicted octanol–water partition coefficient (Wildman–Crippen LogP) is 0.0729. The zero-order chi connectivity index (χ0) is 10.7. The van der Waals surface area contributed by atoms with Crippen LogP contribution in [0.4, 0.5) is 0 Å². The van der Waals surface area contributed by atoms with Gasteiger partial charge in [0.2, 0.25) is 0 Å². The van der Waals surface area contributed by atoms with Gasteiger partial charge in [-0.3, -0.25) is 4.79 Å². The Labute approximate surface area is 79.7 Å². The number of hydrogen-bond acceptors (Lipinski definition) is 5. The SMILES string of the molecule is COC1CC(C(=O)O)CC1O[N+](=O)[O-]. The zero-order valence-corrected chi connectivity index (χ0v) is 7.58. The van der Waals surface area contributed by atoms with Crippen LogP contribution in [-0.2, 0) is 14.4 Å². The fourth-order valence-electron chi connectivity index (χ4n) is 1.63. The van der Waals surface area contributed by atoms with E-state index in [2.05, 4.69) is 4.84 Å². The first-order valence-electron chi connectivity index (χ1n) is 4.11. The molecular weight excluding hydrogens is 194 g/mol. The summed E-state index contributed by atoms with van der Waals surface area (Å²) in [6.07, 6.45) is -0.906. The van der Waals surface area contributed by atoms with E-state index in [0.29, 0.717) is 0 Å². The monoisotopic (exact) mass is 205 g/mol. The second-order valence-electron chi connectivity index (χ2n) is 3.15. The highest BCUT2D eigenvalue weighted by Crippen LogP contribution is 2.30. The summed E-state index contributed by atoms with van der Waals surface area (Å²) in [7, 11) is 1.38. The standard InChI is InChI=1S/C7H11NO6/c1-13-5-2-4(7(9)10)3-6(5)14-8(11)12/h4-6H,2-3H2,1H3,(H,9,10). The normalized spacial score (nSPS) is 31.4. The molecule has 0 saturated heterocycles. The first-order chi connectivity index (χ1) is 6.54. The minimum atomic E-state index is -0.971. The van der Waals surface area contributed by atoms with Gasteiger partial charge in [-0.2, -0.15) is 0 Å². The van der Waals surface area contributed by atoms with Crippen LogP contribution in [0.15, 0.2) is 0 Å². The highest BCUT2D eigenvalue weighted by Gasteiger charge is 2.40. The summed E-state index contributed by atoms with van der Waals surface area (Å²) in [5, 5.41) is 17.9.